The van der Waals surface area contributed by atoms with Crippen LogP contribution in [0.2, 0.25) is 0 Å². The molecule has 0 spiro atoms. The summed E-state index contributed by atoms with van der Waals surface area (Å²) in [6, 6.07) is 53.4. The fourth-order valence-electron chi connectivity index (χ4n) is 9.22. The normalized spacial score (nSPS) is 11.8. The van der Waals surface area contributed by atoms with Crippen molar-refractivity contribution in [2.75, 3.05) is 6.61 Å². The molecule has 4 aromatic heterocycles. The van der Waals surface area contributed by atoms with Gasteiger partial charge in [-0.2, -0.15) is 5.10 Å². The topological polar surface area (TPSA) is 145 Å². The van der Waals surface area contributed by atoms with Gasteiger partial charge in [0.05, 0.1) is 56.8 Å². The number of ether oxygens (including phenoxy) is 1. The molecule has 0 unspecified atom stereocenters. The van der Waals surface area contributed by atoms with E-state index in [2.05, 4.69) is 64.6 Å². The molecule has 68 heavy (non-hydrogen) atoms. The summed E-state index contributed by atoms with van der Waals surface area (Å²) in [5.74, 6) is -0.625. The fourth-order valence-corrected chi connectivity index (χ4v) is 9.22. The Morgan fingerprint density at radius 1 is 0.588 bits per heavy atom. The zero-order valence-electron chi connectivity index (χ0n) is 37.0. The van der Waals surface area contributed by atoms with E-state index in [0.29, 0.717) is 33.7 Å². The van der Waals surface area contributed by atoms with E-state index in [9.17, 15) is 14.9 Å². The Hall–Kier alpha value is -9.22. The molecule has 0 saturated carbocycles. The minimum absolute atomic E-state index is 0.0423. The standard InChI is InChI=1S/C57H41N7O4/c1-3-68-57(65)48-34-51(63(62-48)49-25-16-26-50(35(49)2)64(66)67)40-33-47-54(38-21-12-6-13-22-38)45-30-29-43(59-45)52(36-17-8-4-9-18-36)41-27-28-42(58-41)53(37-19-10-5-11-20-37)44-31-32-46(60-44)55(56(40)61-47)39-23-14-7-15-24-39/h4-34,58,61H,3H2,1-2H3. The van der Waals surface area contributed by atoms with Crippen LogP contribution in [0.1, 0.15) is 45.8 Å². The van der Waals surface area contributed by atoms with Crippen molar-refractivity contribution in [1.29, 1.82) is 0 Å². The molecule has 5 aromatic carbocycles. The number of hydrogen-bond donors (Lipinski definition) is 2. The molecule has 328 valence electrons. The molecule has 0 atom stereocenters. The number of hydrogen-bond acceptors (Lipinski definition) is 7. The average Bonchev–Trinajstić information content (AvgIpc) is 4.24. The van der Waals surface area contributed by atoms with Crippen LogP contribution in [0.15, 0.2) is 164 Å². The molecule has 0 saturated heterocycles. The number of nitro groups is 1. The van der Waals surface area contributed by atoms with Crippen LogP contribution in [0.25, 0.3) is 108 Å². The largest absolute Gasteiger partial charge is 0.461 e. The lowest BCUT2D eigenvalue weighted by atomic mass is 10.00. The summed E-state index contributed by atoms with van der Waals surface area (Å²) in [5.41, 5.74) is 15.2. The summed E-state index contributed by atoms with van der Waals surface area (Å²) in [5, 5.41) is 17.2. The van der Waals surface area contributed by atoms with Crippen molar-refractivity contribution in [3.05, 3.63) is 208 Å². The second-order valence-electron chi connectivity index (χ2n) is 16.4. The smallest absolute Gasteiger partial charge is 0.358 e. The van der Waals surface area contributed by atoms with Crippen molar-refractivity contribution in [1.82, 2.24) is 29.7 Å². The van der Waals surface area contributed by atoms with Crippen molar-refractivity contribution >= 4 is 58.0 Å². The third-order valence-corrected chi connectivity index (χ3v) is 12.3. The number of carbonyl (C=O) groups is 1. The quantitative estimate of drug-likeness (QED) is 0.0834. The number of nitrogens with zero attached hydrogens (tertiary/aromatic N) is 5. The summed E-state index contributed by atoms with van der Waals surface area (Å²) in [7, 11) is 0. The third-order valence-electron chi connectivity index (χ3n) is 12.3. The SMILES string of the molecule is CCOC(=O)c1cc(-c2cc3[nH]c2c(-c2ccccc2)c2nc(c(-c4ccccc4)c4ccc([nH]4)c(-c4ccccc4)c4nc(c3-c3ccccc3)C=C4)C=C2)n(-c2cccc([N+](=O)[O-])c2C)n1. The summed E-state index contributed by atoms with van der Waals surface area (Å²) >= 11 is 0. The van der Waals surface area contributed by atoms with Crippen LogP contribution in [0.5, 0.6) is 0 Å². The summed E-state index contributed by atoms with van der Waals surface area (Å²) in [6.45, 7) is 3.55. The van der Waals surface area contributed by atoms with E-state index in [4.69, 9.17) is 19.8 Å². The lowest BCUT2D eigenvalue weighted by Gasteiger charge is -2.11. The maximum atomic E-state index is 13.6. The van der Waals surface area contributed by atoms with Gasteiger partial charge >= 0.3 is 5.97 Å². The molecule has 11 heteroatoms. The molecule has 0 amide bonds. The van der Waals surface area contributed by atoms with Gasteiger partial charge in [-0.05, 0) is 90.7 Å². The Bertz CT molecular complexity index is 3680. The minimum Gasteiger partial charge on any atom is -0.461 e. The van der Waals surface area contributed by atoms with Crippen LogP contribution < -0.4 is 0 Å². The maximum Gasteiger partial charge on any atom is 0.358 e. The molecule has 2 aliphatic heterocycles. The first-order valence-corrected chi connectivity index (χ1v) is 22.3. The van der Waals surface area contributed by atoms with E-state index in [-0.39, 0.29) is 18.0 Å². The van der Waals surface area contributed by atoms with Gasteiger partial charge in [-0.3, -0.25) is 10.1 Å². The highest BCUT2D eigenvalue weighted by atomic mass is 16.6. The number of esters is 1. The highest BCUT2D eigenvalue weighted by molar-refractivity contribution is 6.04. The molecule has 2 aliphatic rings. The number of fused-ring (bicyclic) bond motifs is 8. The minimum atomic E-state index is -0.625. The second kappa shape index (κ2) is 17.3. The monoisotopic (exact) mass is 887 g/mol. The lowest BCUT2D eigenvalue weighted by Crippen LogP contribution is -2.08. The van der Waals surface area contributed by atoms with Crippen LogP contribution in [0, 0.1) is 17.0 Å². The average molecular weight is 888 g/mol. The van der Waals surface area contributed by atoms with E-state index < -0.39 is 10.9 Å². The number of H-pyrrole nitrogens is 2. The van der Waals surface area contributed by atoms with E-state index in [0.717, 1.165) is 78.1 Å². The summed E-state index contributed by atoms with van der Waals surface area (Å²) < 4.78 is 7.11. The van der Waals surface area contributed by atoms with Crippen LogP contribution >= 0.6 is 0 Å². The van der Waals surface area contributed by atoms with E-state index >= 15 is 0 Å². The van der Waals surface area contributed by atoms with Crippen molar-refractivity contribution < 1.29 is 14.5 Å². The Kier molecular flexibility index (Phi) is 10.6. The summed E-state index contributed by atoms with van der Waals surface area (Å²) in [4.78, 5) is 44.2. The van der Waals surface area contributed by atoms with Crippen molar-refractivity contribution in [2.45, 2.75) is 13.8 Å². The first-order chi connectivity index (χ1) is 33.3. The molecule has 0 aliphatic carbocycles. The molecule has 8 bridgehead atoms. The number of benzene rings is 5. The molecule has 6 heterocycles. The highest BCUT2D eigenvalue weighted by Gasteiger charge is 2.26. The van der Waals surface area contributed by atoms with Crippen molar-refractivity contribution in [3.63, 3.8) is 0 Å². The molecule has 0 fully saturated rings. The molecular formula is C57H41N7O4. The van der Waals surface area contributed by atoms with Crippen molar-refractivity contribution in [3.8, 4) is 61.5 Å². The first kappa shape index (κ1) is 41.5. The zero-order valence-corrected chi connectivity index (χ0v) is 37.0. The second-order valence-corrected chi connectivity index (χ2v) is 16.4. The Morgan fingerprint density at radius 3 is 1.54 bits per heavy atom. The molecule has 9 aromatic rings. The first-order valence-electron chi connectivity index (χ1n) is 22.3. The van der Waals surface area contributed by atoms with Gasteiger partial charge in [-0.25, -0.2) is 19.4 Å². The fraction of sp³-hybridized carbons (Fsp3) is 0.0526. The van der Waals surface area contributed by atoms with E-state index in [1.54, 1.807) is 36.7 Å². The maximum absolute atomic E-state index is 13.6. The predicted molar refractivity (Wildman–Crippen MR) is 271 cm³/mol. The van der Waals surface area contributed by atoms with Gasteiger partial charge in [0, 0.05) is 50.4 Å². The van der Waals surface area contributed by atoms with E-state index in [1.165, 1.54) is 6.07 Å². The lowest BCUT2D eigenvalue weighted by molar-refractivity contribution is -0.385. The highest BCUT2D eigenvalue weighted by Crippen LogP contribution is 2.42. The molecule has 11 rings (SSSR count). The predicted octanol–water partition coefficient (Wildman–Crippen LogP) is 13.6. The van der Waals surface area contributed by atoms with Gasteiger partial charge in [-0.15, -0.1) is 0 Å². The van der Waals surface area contributed by atoms with Crippen LogP contribution in [-0.4, -0.2) is 47.2 Å². The van der Waals surface area contributed by atoms with Crippen LogP contribution in [-0.2, 0) is 4.74 Å². The van der Waals surface area contributed by atoms with Gasteiger partial charge in [0.1, 0.15) is 0 Å². The summed E-state index contributed by atoms with van der Waals surface area (Å²) in [6.07, 6.45) is 8.19. The number of nitrogens with one attached hydrogen (secondary N) is 2. The van der Waals surface area contributed by atoms with Gasteiger partial charge in [-0.1, -0.05) is 127 Å². The molecule has 2 N–H and O–H groups in total. The van der Waals surface area contributed by atoms with Crippen LogP contribution in [0.4, 0.5) is 5.69 Å². The number of carbonyl (C=O) groups excluding carboxylic acids is 1. The number of rotatable bonds is 9. The Balaban J connectivity index is 1.36. The van der Waals surface area contributed by atoms with Crippen LogP contribution in [0.3, 0.4) is 0 Å². The third kappa shape index (κ3) is 7.37. The van der Waals surface area contributed by atoms with Gasteiger partial charge in [0.15, 0.2) is 5.69 Å². The molecular weight excluding hydrogens is 847 g/mol. The number of aromatic amines is 2. The number of nitro benzene ring substituents is 1. The van der Waals surface area contributed by atoms with Gasteiger partial charge in [0.2, 0.25) is 0 Å². The van der Waals surface area contributed by atoms with Crippen molar-refractivity contribution in [2.24, 2.45) is 0 Å². The zero-order chi connectivity index (χ0) is 46.3. The molecule has 11 nitrogen and oxygen atoms in total. The number of aromatic nitrogens is 6. The van der Waals surface area contributed by atoms with E-state index in [1.807, 2.05) is 109 Å². The Morgan fingerprint density at radius 2 is 1.06 bits per heavy atom. The van der Waals surface area contributed by atoms with Gasteiger partial charge in [0.25, 0.3) is 5.69 Å². The van der Waals surface area contributed by atoms with Gasteiger partial charge < -0.3 is 14.7 Å². The Labute approximate surface area is 390 Å². The molecule has 0 radical (unpaired) electrons.